The van der Waals surface area contributed by atoms with Crippen LogP contribution in [0.1, 0.15) is 52.4 Å². The van der Waals surface area contributed by atoms with Crippen LogP contribution in [0.5, 0.6) is 0 Å². The fourth-order valence-corrected chi connectivity index (χ4v) is 3.71. The van der Waals surface area contributed by atoms with Gasteiger partial charge < -0.3 is 20.3 Å². The average molecular weight is 437 g/mol. The third kappa shape index (κ3) is 4.08. The van der Waals surface area contributed by atoms with Crippen LogP contribution in [0.25, 0.3) is 0 Å². The number of carbonyl (C=O) groups excluding carboxylic acids is 3. The molecule has 0 aromatic carbocycles. The number of nitrogens with zero attached hydrogens (tertiary/aromatic N) is 2. The third-order valence-corrected chi connectivity index (χ3v) is 5.24. The maximum absolute atomic E-state index is 13.4. The number of anilines is 1. The summed E-state index contributed by atoms with van der Waals surface area (Å²) in [7, 11) is 0. The fourth-order valence-electron chi connectivity index (χ4n) is 3.33. The number of hydrogen-bond acceptors (Lipinski definition) is 5. The van der Waals surface area contributed by atoms with Gasteiger partial charge in [0, 0.05) is 17.8 Å². The van der Waals surface area contributed by atoms with E-state index in [-0.39, 0.29) is 34.1 Å². The van der Waals surface area contributed by atoms with Crippen molar-refractivity contribution in [2.75, 3.05) is 11.9 Å². The molecule has 0 bridgehead atoms. The molecule has 0 atom stereocenters. The molecule has 0 aliphatic carbocycles. The first-order chi connectivity index (χ1) is 14.1. The zero-order valence-electron chi connectivity index (χ0n) is 16.8. The molecule has 3 heterocycles. The van der Waals surface area contributed by atoms with Crippen LogP contribution in [0.2, 0.25) is 5.02 Å². The molecule has 1 aliphatic rings. The SMILES string of the molecule is Cc1cc(NC(=O)c2c(Cl)c(C(=O)C(=O)NC(C)(C)CO)n3c2CCC3)cnc1F. The number of nitrogens with one attached hydrogen (secondary N) is 2. The van der Waals surface area contributed by atoms with E-state index in [4.69, 9.17) is 11.6 Å². The Labute approximate surface area is 177 Å². The number of rotatable bonds is 6. The zero-order chi connectivity index (χ0) is 22.2. The second-order valence-electron chi connectivity index (χ2n) is 7.85. The minimum Gasteiger partial charge on any atom is -0.394 e. The van der Waals surface area contributed by atoms with E-state index in [1.54, 1.807) is 18.4 Å². The molecule has 10 heteroatoms. The lowest BCUT2D eigenvalue weighted by Crippen LogP contribution is -2.49. The Hall–Kier alpha value is -2.78. The molecule has 1 aliphatic heterocycles. The minimum absolute atomic E-state index is 0.0611. The van der Waals surface area contributed by atoms with E-state index in [9.17, 15) is 23.9 Å². The highest BCUT2D eigenvalue weighted by Gasteiger charge is 2.35. The Morgan fingerprint density at radius 3 is 2.70 bits per heavy atom. The number of amides is 2. The second-order valence-corrected chi connectivity index (χ2v) is 8.23. The van der Waals surface area contributed by atoms with Gasteiger partial charge >= 0.3 is 0 Å². The molecule has 0 fully saturated rings. The van der Waals surface area contributed by atoms with Gasteiger partial charge in [-0.15, -0.1) is 0 Å². The van der Waals surface area contributed by atoms with Gasteiger partial charge in [0.15, 0.2) is 0 Å². The standard InChI is InChI=1S/C20H22ClFN4O4/c1-10-7-11(8-23-17(10)22)24-18(29)13-12-5-4-6-26(12)15(14(13)21)16(28)19(30)25-20(2,3)9-27/h7-8,27H,4-6,9H2,1-3H3,(H,24,29)(H,25,30). The van der Waals surface area contributed by atoms with Crippen molar-refractivity contribution in [1.29, 1.82) is 0 Å². The summed E-state index contributed by atoms with van der Waals surface area (Å²) in [6.07, 6.45) is 2.38. The van der Waals surface area contributed by atoms with E-state index < -0.39 is 29.1 Å². The highest BCUT2D eigenvalue weighted by Crippen LogP contribution is 2.34. The summed E-state index contributed by atoms with van der Waals surface area (Å²) in [5.41, 5.74) is 0.153. The number of Topliss-reactive ketones (excluding diaryl/α,β-unsaturated/α-hetero) is 1. The maximum Gasteiger partial charge on any atom is 0.294 e. The first kappa shape index (κ1) is 21.9. The number of aryl methyl sites for hydroxylation is 1. The number of hydrogen-bond donors (Lipinski definition) is 3. The van der Waals surface area contributed by atoms with Crippen LogP contribution in [0.4, 0.5) is 10.1 Å². The van der Waals surface area contributed by atoms with Crippen molar-refractivity contribution in [2.45, 2.75) is 45.7 Å². The van der Waals surface area contributed by atoms with Crippen molar-refractivity contribution in [3.8, 4) is 0 Å². The number of ketones is 1. The fraction of sp³-hybridized carbons (Fsp3) is 0.400. The van der Waals surface area contributed by atoms with Crippen molar-refractivity contribution in [2.24, 2.45) is 0 Å². The van der Waals surface area contributed by atoms with E-state index in [0.717, 1.165) is 0 Å². The second kappa shape index (κ2) is 8.16. The van der Waals surface area contributed by atoms with Crippen LogP contribution < -0.4 is 10.6 Å². The number of fused-ring (bicyclic) bond motifs is 1. The number of carbonyl (C=O) groups is 3. The molecule has 0 saturated carbocycles. The summed E-state index contributed by atoms with van der Waals surface area (Å²) in [5.74, 6) is -3.02. The van der Waals surface area contributed by atoms with Crippen molar-refractivity contribution in [3.05, 3.63) is 45.7 Å². The number of aliphatic hydroxyl groups is 1. The Balaban J connectivity index is 1.94. The Morgan fingerprint density at radius 2 is 2.07 bits per heavy atom. The third-order valence-electron chi connectivity index (χ3n) is 4.87. The summed E-state index contributed by atoms with van der Waals surface area (Å²) < 4.78 is 15.0. The molecule has 0 saturated heterocycles. The molecule has 8 nitrogen and oxygen atoms in total. The van der Waals surface area contributed by atoms with Crippen molar-refractivity contribution < 1.29 is 23.9 Å². The number of pyridine rings is 1. The van der Waals surface area contributed by atoms with E-state index in [2.05, 4.69) is 15.6 Å². The predicted molar refractivity (Wildman–Crippen MR) is 108 cm³/mol. The van der Waals surface area contributed by atoms with Crippen molar-refractivity contribution in [3.63, 3.8) is 0 Å². The van der Waals surface area contributed by atoms with Crippen LogP contribution in [0, 0.1) is 12.9 Å². The Bertz CT molecular complexity index is 1050. The summed E-state index contributed by atoms with van der Waals surface area (Å²) in [6, 6.07) is 1.43. The Kier molecular flexibility index (Phi) is 5.96. The van der Waals surface area contributed by atoms with Gasteiger partial charge in [0.25, 0.3) is 17.6 Å². The highest BCUT2D eigenvalue weighted by molar-refractivity contribution is 6.48. The van der Waals surface area contributed by atoms with Gasteiger partial charge in [-0.25, -0.2) is 4.98 Å². The van der Waals surface area contributed by atoms with Gasteiger partial charge in [0.05, 0.1) is 34.6 Å². The lowest BCUT2D eigenvalue weighted by Gasteiger charge is -2.22. The number of aliphatic hydroxyl groups excluding tert-OH is 1. The van der Waals surface area contributed by atoms with Gasteiger partial charge in [0.2, 0.25) is 5.95 Å². The minimum atomic E-state index is -0.993. The van der Waals surface area contributed by atoms with Gasteiger partial charge in [-0.3, -0.25) is 14.4 Å². The molecule has 2 aromatic rings. The van der Waals surface area contributed by atoms with E-state index in [0.29, 0.717) is 25.1 Å². The summed E-state index contributed by atoms with van der Waals surface area (Å²) in [6.45, 7) is 4.74. The first-order valence-electron chi connectivity index (χ1n) is 9.37. The zero-order valence-corrected chi connectivity index (χ0v) is 17.6. The average Bonchev–Trinajstić information content (AvgIpc) is 3.23. The Morgan fingerprint density at radius 1 is 1.37 bits per heavy atom. The maximum atomic E-state index is 13.4. The van der Waals surface area contributed by atoms with E-state index in [1.807, 2.05) is 0 Å². The van der Waals surface area contributed by atoms with E-state index >= 15 is 0 Å². The van der Waals surface area contributed by atoms with Crippen molar-refractivity contribution in [1.82, 2.24) is 14.9 Å². The predicted octanol–water partition coefficient (Wildman–Crippen LogP) is 2.25. The monoisotopic (exact) mass is 436 g/mol. The molecule has 3 rings (SSSR count). The molecule has 2 amide bonds. The quantitative estimate of drug-likeness (QED) is 0.365. The molecule has 0 unspecified atom stereocenters. The molecular weight excluding hydrogens is 415 g/mol. The van der Waals surface area contributed by atoms with Gasteiger partial charge in [-0.2, -0.15) is 4.39 Å². The lowest BCUT2D eigenvalue weighted by atomic mass is 10.1. The molecule has 0 spiro atoms. The highest BCUT2D eigenvalue weighted by atomic mass is 35.5. The summed E-state index contributed by atoms with van der Waals surface area (Å²) in [5, 5.41) is 14.3. The largest absolute Gasteiger partial charge is 0.394 e. The van der Waals surface area contributed by atoms with Crippen LogP contribution in [0.3, 0.4) is 0 Å². The van der Waals surface area contributed by atoms with Crippen LogP contribution in [-0.4, -0.2) is 44.4 Å². The topological polar surface area (TPSA) is 113 Å². The van der Waals surface area contributed by atoms with Gasteiger partial charge in [-0.1, -0.05) is 11.6 Å². The molecular formula is C20H22ClFN4O4. The van der Waals surface area contributed by atoms with Gasteiger partial charge in [0.1, 0.15) is 5.69 Å². The molecule has 3 N–H and O–H groups in total. The van der Waals surface area contributed by atoms with Gasteiger partial charge in [-0.05, 0) is 39.7 Å². The molecule has 160 valence electrons. The lowest BCUT2D eigenvalue weighted by molar-refractivity contribution is -0.119. The van der Waals surface area contributed by atoms with Crippen LogP contribution >= 0.6 is 11.6 Å². The number of halogens is 2. The van der Waals surface area contributed by atoms with Crippen molar-refractivity contribution >= 4 is 34.9 Å². The molecule has 2 aromatic heterocycles. The first-order valence-corrected chi connectivity index (χ1v) is 9.75. The summed E-state index contributed by atoms with van der Waals surface area (Å²) in [4.78, 5) is 41.7. The number of aromatic nitrogens is 2. The van der Waals surface area contributed by atoms with Crippen LogP contribution in [0.15, 0.2) is 12.3 Å². The van der Waals surface area contributed by atoms with E-state index in [1.165, 1.54) is 19.2 Å². The molecule has 30 heavy (non-hydrogen) atoms. The van der Waals surface area contributed by atoms with Crippen LogP contribution in [-0.2, 0) is 17.8 Å². The summed E-state index contributed by atoms with van der Waals surface area (Å²) >= 11 is 6.40. The molecule has 0 radical (unpaired) electrons. The normalized spacial score (nSPS) is 13.1. The smallest absolute Gasteiger partial charge is 0.294 e.